The van der Waals surface area contributed by atoms with E-state index in [2.05, 4.69) is 25.1 Å². The molecule has 2 aliphatic heterocycles. The molecule has 3 fully saturated rings. The van der Waals surface area contributed by atoms with Gasteiger partial charge < -0.3 is 14.8 Å². The van der Waals surface area contributed by atoms with Gasteiger partial charge in [-0.15, -0.1) is 0 Å². The Balaban J connectivity index is 1.30. The van der Waals surface area contributed by atoms with Crippen molar-refractivity contribution in [3.63, 3.8) is 0 Å². The van der Waals surface area contributed by atoms with E-state index in [-0.39, 0.29) is 41.5 Å². The third-order valence-electron chi connectivity index (χ3n) is 9.87. The van der Waals surface area contributed by atoms with E-state index in [1.165, 1.54) is 17.6 Å². The number of carbonyl (C=O) groups is 2. The van der Waals surface area contributed by atoms with Crippen LogP contribution in [0.1, 0.15) is 82.3 Å². The van der Waals surface area contributed by atoms with Crippen LogP contribution in [-0.2, 0) is 14.2 Å². The van der Waals surface area contributed by atoms with Crippen molar-refractivity contribution in [2.75, 3.05) is 0 Å². The molecule has 0 aromatic heterocycles. The molecule has 0 unspecified atom stereocenters. The van der Waals surface area contributed by atoms with Crippen LogP contribution in [0.5, 0.6) is 5.75 Å². The first-order valence-corrected chi connectivity index (χ1v) is 15.9. The zero-order valence-corrected chi connectivity index (χ0v) is 24.6. The second-order valence-corrected chi connectivity index (χ2v) is 12.6. The van der Waals surface area contributed by atoms with Gasteiger partial charge in [-0.25, -0.2) is 0 Å². The first-order chi connectivity index (χ1) is 20.4. The Kier molecular flexibility index (Phi) is 8.69. The molecule has 1 saturated carbocycles. The van der Waals surface area contributed by atoms with Gasteiger partial charge in [-0.3, -0.25) is 14.5 Å². The summed E-state index contributed by atoms with van der Waals surface area (Å²) >= 11 is 0. The van der Waals surface area contributed by atoms with Crippen molar-refractivity contribution in [1.82, 2.24) is 4.90 Å². The Morgan fingerprint density at radius 2 is 1.81 bits per heavy atom. The lowest BCUT2D eigenvalue weighted by Crippen LogP contribution is -2.46. The fraction of sp³-hybridized carbons (Fsp3) is 0.486. The number of carbonyl (C=O) groups excluding carboxylic acids is 2. The van der Waals surface area contributed by atoms with E-state index in [0.29, 0.717) is 25.6 Å². The maximum absolute atomic E-state index is 14.0. The van der Waals surface area contributed by atoms with Crippen LogP contribution in [-0.4, -0.2) is 46.1 Å². The van der Waals surface area contributed by atoms with Crippen LogP contribution in [0.3, 0.4) is 0 Å². The van der Waals surface area contributed by atoms with E-state index in [4.69, 9.17) is 4.65 Å². The number of benzene rings is 2. The molecule has 4 aliphatic rings. The van der Waals surface area contributed by atoms with Crippen molar-refractivity contribution < 1.29 is 24.4 Å². The third-order valence-corrected chi connectivity index (χ3v) is 9.87. The van der Waals surface area contributed by atoms with E-state index in [1.807, 2.05) is 30.3 Å². The van der Waals surface area contributed by atoms with Gasteiger partial charge in [-0.1, -0.05) is 86.7 Å². The average molecular weight is 568 g/mol. The smallest absolute Gasteiger partial charge is 0.455 e. The van der Waals surface area contributed by atoms with Crippen molar-refractivity contribution in [2.24, 2.45) is 17.8 Å². The van der Waals surface area contributed by atoms with Crippen molar-refractivity contribution in [1.29, 1.82) is 0 Å². The summed E-state index contributed by atoms with van der Waals surface area (Å²) in [6, 6.07) is 17.5. The van der Waals surface area contributed by atoms with Crippen molar-refractivity contribution in [3.8, 4) is 5.75 Å². The topological polar surface area (TPSA) is 87.1 Å². The molecular formula is C35H42BNO5. The number of phenolic OH excluding ortho intramolecular Hbond substituents is 1. The monoisotopic (exact) mass is 567 g/mol. The second-order valence-electron chi connectivity index (χ2n) is 12.6. The summed E-state index contributed by atoms with van der Waals surface area (Å²) in [7, 11) is -0.966. The summed E-state index contributed by atoms with van der Waals surface area (Å²) in [5.74, 6) is -0.654. The van der Waals surface area contributed by atoms with Crippen LogP contribution in [0.15, 0.2) is 65.7 Å². The van der Waals surface area contributed by atoms with Gasteiger partial charge in [-0.05, 0) is 85.2 Å². The van der Waals surface area contributed by atoms with Gasteiger partial charge in [-0.2, -0.15) is 0 Å². The van der Waals surface area contributed by atoms with Gasteiger partial charge >= 0.3 is 7.12 Å². The number of rotatable bonds is 8. The molecule has 2 aromatic rings. The lowest BCUT2D eigenvalue weighted by molar-refractivity contribution is -0.143. The standard InChI is InChI=1S/C35H42BNO5/c1-2-10-26-21-29-33(35(40)37(34(29)39)27-14-7-4-8-15-27)30-22-36(41)42-31(32(26)30)18-17-25(24-12-5-3-6-13-24)19-23-11-9-16-28(38)20-23/h3,5-6,9,11-13,16,19-20,27,29-31,33,38,41H,2,4,7-8,10,14-15,17-18,21-22H2,1H3/b25-19-/t29-,30+,31-,33-/m1/s1. The van der Waals surface area contributed by atoms with Crippen LogP contribution in [0.2, 0.25) is 6.32 Å². The largest absolute Gasteiger partial charge is 0.508 e. The van der Waals surface area contributed by atoms with Gasteiger partial charge in [0.15, 0.2) is 0 Å². The molecule has 0 radical (unpaired) electrons. The van der Waals surface area contributed by atoms with Crippen LogP contribution in [0.25, 0.3) is 11.6 Å². The highest BCUT2D eigenvalue weighted by molar-refractivity contribution is 6.43. The highest BCUT2D eigenvalue weighted by Crippen LogP contribution is 2.52. The number of fused-ring (bicyclic) bond motifs is 3. The maximum atomic E-state index is 14.0. The predicted octanol–water partition coefficient (Wildman–Crippen LogP) is 6.64. The molecular weight excluding hydrogens is 525 g/mol. The fourth-order valence-electron chi connectivity index (χ4n) is 8.08. The Hall–Kier alpha value is -3.16. The molecule has 2 N–H and O–H groups in total. The number of allylic oxidation sites excluding steroid dienone is 2. The molecule has 6 nitrogen and oxygen atoms in total. The fourth-order valence-corrected chi connectivity index (χ4v) is 8.08. The van der Waals surface area contributed by atoms with Crippen LogP contribution in [0.4, 0.5) is 0 Å². The summed E-state index contributed by atoms with van der Waals surface area (Å²) in [5, 5.41) is 21.0. The highest BCUT2D eigenvalue weighted by Gasteiger charge is 2.58. The van der Waals surface area contributed by atoms with Gasteiger partial charge in [0.05, 0.1) is 17.9 Å². The molecule has 2 aliphatic carbocycles. The molecule has 7 heteroatoms. The lowest BCUT2D eigenvalue weighted by Gasteiger charge is -2.43. The minimum Gasteiger partial charge on any atom is -0.508 e. The number of likely N-dealkylation sites (tertiary alicyclic amines) is 1. The average Bonchev–Trinajstić information content (AvgIpc) is 3.25. The normalized spacial score (nSPS) is 27.0. The summed E-state index contributed by atoms with van der Waals surface area (Å²) in [6.07, 6.45) is 11.1. The van der Waals surface area contributed by atoms with Crippen molar-refractivity contribution >= 4 is 30.6 Å². The summed E-state index contributed by atoms with van der Waals surface area (Å²) in [4.78, 5) is 29.4. The maximum Gasteiger partial charge on any atom is 0.455 e. The molecule has 0 bridgehead atoms. The number of imide groups is 1. The van der Waals surface area contributed by atoms with Crippen LogP contribution < -0.4 is 0 Å². The van der Waals surface area contributed by atoms with Crippen molar-refractivity contribution in [2.45, 2.75) is 89.6 Å². The number of hydrogen-bond acceptors (Lipinski definition) is 5. The van der Waals surface area contributed by atoms with Gasteiger partial charge in [0, 0.05) is 6.04 Å². The van der Waals surface area contributed by atoms with E-state index >= 15 is 0 Å². The Morgan fingerprint density at radius 1 is 1.02 bits per heavy atom. The van der Waals surface area contributed by atoms with E-state index in [0.717, 1.165) is 55.2 Å². The first kappa shape index (κ1) is 28.9. The highest BCUT2D eigenvalue weighted by atomic mass is 16.5. The predicted molar refractivity (Wildman–Crippen MR) is 165 cm³/mol. The summed E-state index contributed by atoms with van der Waals surface area (Å²) in [6.45, 7) is 2.16. The molecule has 0 spiro atoms. The number of nitrogens with zero attached hydrogens (tertiary/aromatic N) is 1. The number of hydrogen-bond donors (Lipinski definition) is 2. The van der Waals surface area contributed by atoms with E-state index in [9.17, 15) is 19.7 Å². The third kappa shape index (κ3) is 5.74. The van der Waals surface area contributed by atoms with Crippen LogP contribution >= 0.6 is 0 Å². The summed E-state index contributed by atoms with van der Waals surface area (Å²) in [5.41, 5.74) is 5.55. The molecule has 2 aromatic carbocycles. The molecule has 6 rings (SSSR count). The van der Waals surface area contributed by atoms with Gasteiger partial charge in [0.1, 0.15) is 5.75 Å². The minimum atomic E-state index is -0.966. The zero-order chi connectivity index (χ0) is 29.2. The first-order valence-electron chi connectivity index (χ1n) is 15.9. The molecule has 2 heterocycles. The minimum absolute atomic E-state index is 0.0162. The quantitative estimate of drug-likeness (QED) is 0.162. The van der Waals surface area contributed by atoms with Gasteiger partial charge in [0.2, 0.25) is 11.8 Å². The summed E-state index contributed by atoms with van der Waals surface area (Å²) < 4.78 is 6.26. The molecule has 42 heavy (non-hydrogen) atoms. The Labute approximate surface area is 249 Å². The number of phenols is 1. The second kappa shape index (κ2) is 12.6. The van der Waals surface area contributed by atoms with Gasteiger partial charge in [0.25, 0.3) is 0 Å². The molecule has 4 atom stereocenters. The van der Waals surface area contributed by atoms with Crippen molar-refractivity contribution in [3.05, 3.63) is 76.9 Å². The zero-order valence-electron chi connectivity index (χ0n) is 24.6. The van der Waals surface area contributed by atoms with E-state index in [1.54, 1.807) is 17.0 Å². The van der Waals surface area contributed by atoms with E-state index < -0.39 is 13.0 Å². The molecule has 2 amide bonds. The Morgan fingerprint density at radius 3 is 2.55 bits per heavy atom. The number of aromatic hydroxyl groups is 1. The lowest BCUT2D eigenvalue weighted by atomic mass is 9.58. The Bertz CT molecular complexity index is 1360. The SMILES string of the molecule is CCCC1=C2[C@@H](CC/C(=C/c3cccc(O)c3)c3ccccc3)OB(O)C[C@@H]2[C@@H]2C(=O)N(C3CCCCC3)C(=O)[C@@H]2C1. The molecule has 2 saturated heterocycles. The molecule has 220 valence electrons. The van der Waals surface area contributed by atoms with Crippen LogP contribution in [0, 0.1) is 17.8 Å². The number of amides is 2.